The number of primary amides is 1. The molecule has 1 atom stereocenters. The zero-order valence-corrected chi connectivity index (χ0v) is 12.6. The molecule has 6 nitrogen and oxygen atoms in total. The van der Waals surface area contributed by atoms with Crippen molar-refractivity contribution < 1.29 is 14.4 Å². The second kappa shape index (κ2) is 7.74. The normalized spacial score (nSPS) is 11.9. The molecule has 0 aliphatic heterocycles. The predicted octanol–water partition coefficient (Wildman–Crippen LogP) is 1.62. The zero-order chi connectivity index (χ0) is 16.7. The molecule has 0 aliphatic rings. The lowest BCUT2D eigenvalue weighted by molar-refractivity contribution is -0.120. The molecule has 2 aromatic rings. The van der Waals surface area contributed by atoms with Gasteiger partial charge in [-0.2, -0.15) is 0 Å². The van der Waals surface area contributed by atoms with Crippen LogP contribution in [0.2, 0.25) is 0 Å². The molecule has 2 aromatic carbocycles. The van der Waals surface area contributed by atoms with Gasteiger partial charge in [0, 0.05) is 5.56 Å². The number of nitrogens with zero attached hydrogens (tertiary/aromatic N) is 1. The van der Waals surface area contributed by atoms with Crippen molar-refractivity contribution in [2.24, 2.45) is 10.9 Å². The first-order valence-corrected chi connectivity index (χ1v) is 6.93. The fraction of sp³-hybridized carbons (Fsp3) is 0.118. The van der Waals surface area contributed by atoms with Gasteiger partial charge in [0.1, 0.15) is 13.2 Å². The molecule has 0 saturated carbocycles. The van der Waals surface area contributed by atoms with E-state index in [9.17, 15) is 9.59 Å². The minimum Gasteiger partial charge on any atom is -0.399 e. The van der Waals surface area contributed by atoms with E-state index in [4.69, 9.17) is 5.73 Å². The second-order valence-corrected chi connectivity index (χ2v) is 4.76. The Hall–Kier alpha value is -3.15. The van der Waals surface area contributed by atoms with Crippen molar-refractivity contribution in [1.29, 1.82) is 0 Å². The highest BCUT2D eigenvalue weighted by molar-refractivity contribution is 5.98. The van der Waals surface area contributed by atoms with E-state index in [1.807, 2.05) is 6.07 Å². The lowest BCUT2D eigenvalue weighted by Crippen LogP contribution is -2.37. The minimum atomic E-state index is -0.876. The maximum atomic E-state index is 12.3. The van der Waals surface area contributed by atoms with E-state index in [1.165, 1.54) is 13.3 Å². The van der Waals surface area contributed by atoms with E-state index >= 15 is 0 Å². The molecule has 0 fully saturated rings. The molecule has 118 valence electrons. The van der Waals surface area contributed by atoms with Crippen LogP contribution in [0.1, 0.15) is 27.5 Å². The minimum absolute atomic E-state index is 0.382. The van der Waals surface area contributed by atoms with Crippen LogP contribution in [0.15, 0.2) is 59.8 Å². The number of carbonyl (C=O) groups excluding carboxylic acids is 2. The van der Waals surface area contributed by atoms with Gasteiger partial charge in [0.2, 0.25) is 5.91 Å². The molecule has 23 heavy (non-hydrogen) atoms. The molecule has 3 N–H and O–H groups in total. The molecule has 0 saturated heterocycles. The number of nitrogens with two attached hydrogens (primary N) is 1. The lowest BCUT2D eigenvalue weighted by Gasteiger charge is -2.16. The smallest absolute Gasteiger partial charge is 0.252 e. The Bertz CT molecular complexity index is 697. The maximum absolute atomic E-state index is 12.3. The molecule has 0 aromatic heterocycles. The van der Waals surface area contributed by atoms with E-state index in [0.717, 1.165) is 5.56 Å². The van der Waals surface area contributed by atoms with E-state index in [1.54, 1.807) is 48.5 Å². The Morgan fingerprint density at radius 2 is 1.78 bits per heavy atom. The first-order chi connectivity index (χ1) is 11.1. The monoisotopic (exact) mass is 311 g/mol. The van der Waals surface area contributed by atoms with Crippen LogP contribution in [0.4, 0.5) is 0 Å². The second-order valence-electron chi connectivity index (χ2n) is 4.76. The molecule has 6 heteroatoms. The van der Waals surface area contributed by atoms with Crippen LogP contribution in [0.5, 0.6) is 0 Å². The number of carbonyl (C=O) groups is 2. The van der Waals surface area contributed by atoms with Gasteiger partial charge in [0.05, 0.1) is 6.21 Å². The molecular formula is C17H17N3O3. The lowest BCUT2D eigenvalue weighted by atomic mass is 10.1. The number of rotatable bonds is 6. The first-order valence-electron chi connectivity index (χ1n) is 6.93. The van der Waals surface area contributed by atoms with Crippen LogP contribution in [-0.4, -0.2) is 25.1 Å². The average molecular weight is 311 g/mol. The van der Waals surface area contributed by atoms with Gasteiger partial charge < -0.3 is 15.9 Å². The molecule has 0 radical (unpaired) electrons. The third kappa shape index (κ3) is 4.41. The third-order valence-corrected chi connectivity index (χ3v) is 3.17. The molecule has 0 spiro atoms. The van der Waals surface area contributed by atoms with Crippen LogP contribution >= 0.6 is 0 Å². The van der Waals surface area contributed by atoms with Crippen molar-refractivity contribution in [3.05, 3.63) is 71.3 Å². The van der Waals surface area contributed by atoms with E-state index < -0.39 is 11.9 Å². The van der Waals surface area contributed by atoms with Crippen LogP contribution in [0.3, 0.4) is 0 Å². The molecule has 2 amide bonds. The summed E-state index contributed by atoms with van der Waals surface area (Å²) in [4.78, 5) is 28.5. The summed E-state index contributed by atoms with van der Waals surface area (Å²) in [6, 6.07) is 14.7. The fourth-order valence-corrected chi connectivity index (χ4v) is 2.01. The number of benzene rings is 2. The van der Waals surface area contributed by atoms with Crippen LogP contribution in [0, 0.1) is 0 Å². The van der Waals surface area contributed by atoms with Crippen LogP contribution in [-0.2, 0) is 9.63 Å². The highest BCUT2D eigenvalue weighted by Crippen LogP contribution is 2.13. The summed E-state index contributed by atoms with van der Waals surface area (Å²) < 4.78 is 0. The van der Waals surface area contributed by atoms with E-state index in [0.29, 0.717) is 11.1 Å². The summed E-state index contributed by atoms with van der Waals surface area (Å²) in [5.74, 6) is -0.999. The Kier molecular flexibility index (Phi) is 5.46. The number of amides is 2. The summed E-state index contributed by atoms with van der Waals surface area (Å²) in [6.45, 7) is 0. The van der Waals surface area contributed by atoms with E-state index in [2.05, 4.69) is 15.3 Å². The third-order valence-electron chi connectivity index (χ3n) is 3.17. The van der Waals surface area contributed by atoms with Crippen LogP contribution < -0.4 is 11.1 Å². The summed E-state index contributed by atoms with van der Waals surface area (Å²) in [5, 5.41) is 6.28. The summed E-state index contributed by atoms with van der Waals surface area (Å²) in [6.07, 6.45) is 1.53. The summed E-state index contributed by atoms with van der Waals surface area (Å²) in [7, 11) is 1.45. The Balaban J connectivity index is 2.13. The largest absolute Gasteiger partial charge is 0.399 e. The Labute approximate surface area is 133 Å². The number of hydrogen-bond donors (Lipinski definition) is 2. The predicted molar refractivity (Wildman–Crippen MR) is 86.9 cm³/mol. The fourth-order valence-electron chi connectivity index (χ4n) is 2.01. The van der Waals surface area contributed by atoms with Crippen molar-refractivity contribution in [3.63, 3.8) is 0 Å². The topological polar surface area (TPSA) is 93.8 Å². The van der Waals surface area contributed by atoms with Crippen LogP contribution in [0.25, 0.3) is 0 Å². The molecule has 0 bridgehead atoms. The highest BCUT2D eigenvalue weighted by atomic mass is 16.6. The van der Waals surface area contributed by atoms with Crippen molar-refractivity contribution >= 4 is 18.0 Å². The summed E-state index contributed by atoms with van der Waals surface area (Å²) >= 11 is 0. The van der Waals surface area contributed by atoms with Gasteiger partial charge in [-0.15, -0.1) is 0 Å². The Morgan fingerprint density at radius 3 is 2.35 bits per heavy atom. The standard InChI is InChI=1S/C17H17N3O3/c1-23-19-11-12-7-9-14(10-8-12)17(22)20-15(16(18)21)13-5-3-2-4-6-13/h2-11,15H,1H3,(H2,18,21)(H,20,22)/b19-11+. The summed E-state index contributed by atoms with van der Waals surface area (Å²) in [5.41, 5.74) is 7.23. The van der Waals surface area contributed by atoms with Gasteiger partial charge in [-0.3, -0.25) is 9.59 Å². The molecule has 0 heterocycles. The van der Waals surface area contributed by atoms with Crippen molar-refractivity contribution in [3.8, 4) is 0 Å². The Morgan fingerprint density at radius 1 is 1.13 bits per heavy atom. The molecule has 2 rings (SSSR count). The van der Waals surface area contributed by atoms with Gasteiger partial charge >= 0.3 is 0 Å². The number of hydrogen-bond acceptors (Lipinski definition) is 4. The zero-order valence-electron chi connectivity index (χ0n) is 12.6. The van der Waals surface area contributed by atoms with Crippen molar-refractivity contribution in [2.75, 3.05) is 7.11 Å². The SMILES string of the molecule is CO/N=C/c1ccc(C(=O)NC(C(N)=O)c2ccccc2)cc1. The van der Waals surface area contributed by atoms with Gasteiger partial charge in [-0.1, -0.05) is 47.6 Å². The number of oxime groups is 1. The quantitative estimate of drug-likeness (QED) is 0.627. The van der Waals surface area contributed by atoms with Gasteiger partial charge in [-0.05, 0) is 23.3 Å². The average Bonchev–Trinajstić information content (AvgIpc) is 2.58. The van der Waals surface area contributed by atoms with Gasteiger partial charge in [0.25, 0.3) is 5.91 Å². The van der Waals surface area contributed by atoms with Gasteiger partial charge in [0.15, 0.2) is 0 Å². The number of nitrogens with one attached hydrogen (secondary N) is 1. The highest BCUT2D eigenvalue weighted by Gasteiger charge is 2.20. The van der Waals surface area contributed by atoms with Crippen molar-refractivity contribution in [1.82, 2.24) is 5.32 Å². The van der Waals surface area contributed by atoms with E-state index in [-0.39, 0.29) is 5.91 Å². The maximum Gasteiger partial charge on any atom is 0.252 e. The molecule has 1 unspecified atom stereocenters. The molecule has 0 aliphatic carbocycles. The first kappa shape index (κ1) is 16.2. The van der Waals surface area contributed by atoms with Gasteiger partial charge in [-0.25, -0.2) is 0 Å². The molecular weight excluding hydrogens is 294 g/mol. The van der Waals surface area contributed by atoms with Crippen molar-refractivity contribution in [2.45, 2.75) is 6.04 Å².